The number of carbonyl (C=O) groups is 1. The highest BCUT2D eigenvalue weighted by Crippen LogP contribution is 2.28. The van der Waals surface area contributed by atoms with Gasteiger partial charge in [-0.25, -0.2) is 4.98 Å². The zero-order chi connectivity index (χ0) is 18.3. The van der Waals surface area contributed by atoms with E-state index in [1.165, 1.54) is 12.8 Å². The van der Waals surface area contributed by atoms with Gasteiger partial charge in [0.25, 0.3) is 0 Å². The Morgan fingerprint density at radius 1 is 1.12 bits per heavy atom. The first kappa shape index (κ1) is 17.3. The molecule has 1 saturated carbocycles. The maximum atomic E-state index is 12.6. The molecule has 0 unspecified atom stereocenters. The number of carbonyl (C=O) groups excluding carboxylic acids is 1. The predicted octanol–water partition coefficient (Wildman–Crippen LogP) is 3.25. The van der Waals surface area contributed by atoms with E-state index >= 15 is 0 Å². The Labute approximate surface area is 155 Å². The molecule has 6 nitrogen and oxygen atoms in total. The molecule has 0 aromatic carbocycles. The number of nitrogens with zero attached hydrogens (tertiary/aromatic N) is 4. The molecule has 2 fully saturated rings. The largest absolute Gasteiger partial charge is 0.367 e. The number of rotatable bonds is 3. The van der Waals surface area contributed by atoms with Crippen molar-refractivity contribution < 1.29 is 4.79 Å². The molecule has 2 aliphatic rings. The molecule has 140 valence electrons. The second kappa shape index (κ2) is 6.89. The molecule has 26 heavy (non-hydrogen) atoms. The van der Waals surface area contributed by atoms with E-state index in [-0.39, 0.29) is 5.92 Å². The second-order valence-corrected chi connectivity index (χ2v) is 7.95. The molecule has 0 bridgehead atoms. The van der Waals surface area contributed by atoms with Crippen molar-refractivity contribution in [2.45, 2.75) is 65.3 Å². The van der Waals surface area contributed by atoms with Gasteiger partial charge < -0.3 is 10.2 Å². The van der Waals surface area contributed by atoms with Crippen molar-refractivity contribution >= 4 is 17.4 Å². The Bertz CT molecular complexity index is 813. The summed E-state index contributed by atoms with van der Waals surface area (Å²) in [6.45, 7) is 7.84. The van der Waals surface area contributed by atoms with Gasteiger partial charge in [0.2, 0.25) is 5.91 Å². The molecular weight excluding hydrogens is 326 g/mol. The van der Waals surface area contributed by atoms with E-state index in [9.17, 15) is 4.79 Å². The van der Waals surface area contributed by atoms with Gasteiger partial charge in [0.05, 0.1) is 5.69 Å². The van der Waals surface area contributed by atoms with Crippen LogP contribution >= 0.6 is 0 Å². The Morgan fingerprint density at radius 3 is 2.50 bits per heavy atom. The molecule has 1 N–H and O–H groups in total. The molecule has 4 rings (SSSR count). The summed E-state index contributed by atoms with van der Waals surface area (Å²) in [5.41, 5.74) is 4.08. The van der Waals surface area contributed by atoms with Gasteiger partial charge in [0.1, 0.15) is 5.82 Å². The summed E-state index contributed by atoms with van der Waals surface area (Å²) in [5.74, 6) is 1.68. The van der Waals surface area contributed by atoms with Gasteiger partial charge in [0.15, 0.2) is 5.65 Å². The highest BCUT2D eigenvalue weighted by molar-refractivity contribution is 5.79. The summed E-state index contributed by atoms with van der Waals surface area (Å²) < 4.78 is 1.92. The number of likely N-dealkylation sites (tertiary alicyclic amines) is 1. The van der Waals surface area contributed by atoms with Crippen molar-refractivity contribution in [3.63, 3.8) is 0 Å². The average Bonchev–Trinajstić information content (AvgIpc) is 3.26. The van der Waals surface area contributed by atoms with Crippen LogP contribution in [0.15, 0.2) is 6.07 Å². The van der Waals surface area contributed by atoms with Crippen molar-refractivity contribution in [3.05, 3.63) is 23.0 Å². The van der Waals surface area contributed by atoms with Crippen molar-refractivity contribution in [1.82, 2.24) is 19.5 Å². The lowest BCUT2D eigenvalue weighted by molar-refractivity contribution is -0.136. The highest BCUT2D eigenvalue weighted by Gasteiger charge is 2.30. The SMILES string of the molecule is Cc1cc(NC2CCN(C(=O)C3CCCC3)CC2)n2nc(C)c(C)c2n1. The van der Waals surface area contributed by atoms with E-state index in [2.05, 4.69) is 33.3 Å². The van der Waals surface area contributed by atoms with Crippen LogP contribution in [-0.4, -0.2) is 44.5 Å². The van der Waals surface area contributed by atoms with Crippen LogP contribution in [0.5, 0.6) is 0 Å². The number of piperidine rings is 1. The van der Waals surface area contributed by atoms with Gasteiger partial charge >= 0.3 is 0 Å². The molecule has 6 heteroatoms. The lowest BCUT2D eigenvalue weighted by Gasteiger charge is -2.34. The monoisotopic (exact) mass is 355 g/mol. The molecule has 3 heterocycles. The fraction of sp³-hybridized carbons (Fsp3) is 0.650. The number of nitrogens with one attached hydrogen (secondary N) is 1. The van der Waals surface area contributed by atoms with E-state index < -0.39 is 0 Å². The molecule has 0 atom stereocenters. The van der Waals surface area contributed by atoms with E-state index in [1.807, 2.05) is 18.4 Å². The number of hydrogen-bond donors (Lipinski definition) is 1. The van der Waals surface area contributed by atoms with Gasteiger partial charge in [-0.05, 0) is 46.5 Å². The van der Waals surface area contributed by atoms with Crippen LogP contribution in [0, 0.1) is 26.7 Å². The second-order valence-electron chi connectivity index (χ2n) is 7.95. The number of anilines is 1. The molecular formula is C20H29N5O. The third-order valence-corrected chi connectivity index (χ3v) is 6.05. The zero-order valence-electron chi connectivity index (χ0n) is 16.1. The first-order valence-corrected chi connectivity index (χ1v) is 9.92. The predicted molar refractivity (Wildman–Crippen MR) is 102 cm³/mol. The van der Waals surface area contributed by atoms with Crippen LogP contribution in [0.1, 0.15) is 55.5 Å². The maximum absolute atomic E-state index is 12.6. The molecule has 1 amide bonds. The van der Waals surface area contributed by atoms with Crippen LogP contribution < -0.4 is 5.32 Å². The zero-order valence-corrected chi connectivity index (χ0v) is 16.1. The third kappa shape index (κ3) is 3.17. The number of amides is 1. The molecule has 1 aliphatic carbocycles. The summed E-state index contributed by atoms with van der Waals surface area (Å²) in [4.78, 5) is 19.3. The van der Waals surface area contributed by atoms with Gasteiger partial charge in [-0.15, -0.1) is 0 Å². The smallest absolute Gasteiger partial charge is 0.225 e. The fourth-order valence-corrected chi connectivity index (χ4v) is 4.34. The van der Waals surface area contributed by atoms with Crippen LogP contribution in [0.3, 0.4) is 0 Å². The van der Waals surface area contributed by atoms with Gasteiger partial charge in [-0.3, -0.25) is 4.79 Å². The van der Waals surface area contributed by atoms with E-state index in [0.717, 1.165) is 67.2 Å². The van der Waals surface area contributed by atoms with Crippen molar-refractivity contribution in [2.75, 3.05) is 18.4 Å². The molecule has 1 aliphatic heterocycles. The Kier molecular flexibility index (Phi) is 4.59. The summed E-state index contributed by atoms with van der Waals surface area (Å²) in [6.07, 6.45) is 6.58. The quantitative estimate of drug-likeness (QED) is 0.918. The van der Waals surface area contributed by atoms with Crippen LogP contribution in [0.2, 0.25) is 0 Å². The van der Waals surface area contributed by atoms with E-state index in [4.69, 9.17) is 0 Å². The van der Waals surface area contributed by atoms with Crippen molar-refractivity contribution in [2.24, 2.45) is 5.92 Å². The van der Waals surface area contributed by atoms with Crippen molar-refractivity contribution in [3.8, 4) is 0 Å². The standard InChI is InChI=1S/C20H29N5O/c1-13-12-18(25-19(21-13)14(2)15(3)23-25)22-17-8-10-24(11-9-17)20(26)16-6-4-5-7-16/h12,16-17,22H,4-11H2,1-3H3. The topological polar surface area (TPSA) is 62.5 Å². The van der Waals surface area contributed by atoms with Crippen molar-refractivity contribution in [1.29, 1.82) is 0 Å². The maximum Gasteiger partial charge on any atom is 0.225 e. The first-order valence-electron chi connectivity index (χ1n) is 9.92. The summed E-state index contributed by atoms with van der Waals surface area (Å²) in [5, 5.41) is 8.30. The third-order valence-electron chi connectivity index (χ3n) is 6.05. The lowest BCUT2D eigenvalue weighted by atomic mass is 10.0. The number of aromatic nitrogens is 3. The Balaban J connectivity index is 1.44. The Morgan fingerprint density at radius 2 is 1.81 bits per heavy atom. The normalized spacial score (nSPS) is 19.4. The van der Waals surface area contributed by atoms with Crippen LogP contribution in [-0.2, 0) is 4.79 Å². The minimum Gasteiger partial charge on any atom is -0.367 e. The highest BCUT2D eigenvalue weighted by atomic mass is 16.2. The minimum atomic E-state index is 0.289. The van der Waals surface area contributed by atoms with Crippen LogP contribution in [0.25, 0.3) is 5.65 Å². The minimum absolute atomic E-state index is 0.289. The molecule has 2 aromatic rings. The van der Waals surface area contributed by atoms with E-state index in [0.29, 0.717) is 11.9 Å². The lowest BCUT2D eigenvalue weighted by Crippen LogP contribution is -2.44. The van der Waals surface area contributed by atoms with Gasteiger partial charge in [-0.2, -0.15) is 9.61 Å². The average molecular weight is 355 g/mol. The van der Waals surface area contributed by atoms with Gasteiger partial charge in [0, 0.05) is 42.4 Å². The number of fused-ring (bicyclic) bond motifs is 1. The van der Waals surface area contributed by atoms with Crippen LogP contribution in [0.4, 0.5) is 5.82 Å². The summed E-state index contributed by atoms with van der Waals surface area (Å²) in [7, 11) is 0. The molecule has 0 spiro atoms. The molecule has 0 radical (unpaired) electrons. The first-order chi connectivity index (χ1) is 12.5. The Hall–Kier alpha value is -2.11. The summed E-state index contributed by atoms with van der Waals surface area (Å²) >= 11 is 0. The fourth-order valence-electron chi connectivity index (χ4n) is 4.34. The molecule has 1 saturated heterocycles. The number of aryl methyl sites for hydroxylation is 3. The summed E-state index contributed by atoms with van der Waals surface area (Å²) in [6, 6.07) is 2.44. The number of hydrogen-bond acceptors (Lipinski definition) is 4. The molecule has 2 aromatic heterocycles. The van der Waals surface area contributed by atoms with E-state index in [1.54, 1.807) is 0 Å². The van der Waals surface area contributed by atoms with Gasteiger partial charge in [-0.1, -0.05) is 12.8 Å².